The lowest BCUT2D eigenvalue weighted by Gasteiger charge is -2.18. The number of allylic oxidation sites excluding steroid dienone is 2. The third kappa shape index (κ3) is 3.97. The van der Waals surface area contributed by atoms with Gasteiger partial charge in [0.2, 0.25) is 5.91 Å². The van der Waals surface area contributed by atoms with E-state index in [4.69, 9.17) is 16.3 Å². The molecule has 0 radical (unpaired) electrons. The maximum absolute atomic E-state index is 13.0. The van der Waals surface area contributed by atoms with Gasteiger partial charge in [-0.1, -0.05) is 35.9 Å². The van der Waals surface area contributed by atoms with Crippen molar-refractivity contribution < 1.29 is 17.9 Å². The molecule has 3 unspecified atom stereocenters. The van der Waals surface area contributed by atoms with Crippen LogP contribution in [0.4, 0.5) is 11.4 Å². The fraction of sp³-hybridized carbons (Fsp3) is 0.286. The maximum Gasteiger partial charge on any atom is 0.265 e. The highest BCUT2D eigenvalue weighted by Crippen LogP contribution is 2.44. The van der Waals surface area contributed by atoms with E-state index in [9.17, 15) is 13.2 Å². The van der Waals surface area contributed by atoms with Crippen LogP contribution in [-0.4, -0.2) is 21.4 Å². The van der Waals surface area contributed by atoms with E-state index in [1.165, 1.54) is 19.2 Å². The van der Waals surface area contributed by atoms with Gasteiger partial charge in [-0.15, -0.1) is 0 Å². The predicted molar refractivity (Wildman–Crippen MR) is 113 cm³/mol. The molecule has 0 heterocycles. The summed E-state index contributed by atoms with van der Waals surface area (Å²) in [6.07, 6.45) is 6.13. The van der Waals surface area contributed by atoms with Crippen LogP contribution in [0.1, 0.15) is 12.8 Å². The standard InChI is InChI=1S/C21H21ClN2O4S/c1-28-19-9-8-15(23-21(25)16-11-13-6-7-14(16)10-13)12-20(19)29(26,27)24-18-5-3-2-4-17(18)22/h2-9,12-14,16,24H,10-11H2,1H3,(H,23,25). The smallest absolute Gasteiger partial charge is 0.265 e. The fourth-order valence-corrected chi connectivity index (χ4v) is 5.54. The summed E-state index contributed by atoms with van der Waals surface area (Å²) < 4.78 is 33.6. The molecule has 4 rings (SSSR count). The molecule has 1 fully saturated rings. The average molecular weight is 433 g/mol. The Hall–Kier alpha value is -2.51. The highest BCUT2D eigenvalue weighted by atomic mass is 35.5. The van der Waals surface area contributed by atoms with E-state index >= 15 is 0 Å². The first-order chi connectivity index (χ1) is 13.9. The number of amides is 1. The second kappa shape index (κ2) is 7.72. The number of carbonyl (C=O) groups is 1. The van der Waals surface area contributed by atoms with Crippen molar-refractivity contribution in [2.75, 3.05) is 17.1 Å². The number of halogens is 1. The molecule has 152 valence electrons. The Bertz CT molecular complexity index is 1080. The molecular formula is C21H21ClN2O4S. The number of hydrogen-bond acceptors (Lipinski definition) is 4. The maximum atomic E-state index is 13.0. The largest absolute Gasteiger partial charge is 0.495 e. The molecule has 2 aromatic rings. The minimum absolute atomic E-state index is 0.0755. The van der Waals surface area contributed by atoms with Gasteiger partial charge in [0, 0.05) is 11.6 Å². The van der Waals surface area contributed by atoms with Gasteiger partial charge in [0.1, 0.15) is 10.6 Å². The molecule has 29 heavy (non-hydrogen) atoms. The van der Waals surface area contributed by atoms with Crippen LogP contribution in [0.25, 0.3) is 0 Å². The van der Waals surface area contributed by atoms with Crippen molar-refractivity contribution in [3.8, 4) is 5.75 Å². The number of sulfonamides is 1. The van der Waals surface area contributed by atoms with Crippen LogP contribution in [0.3, 0.4) is 0 Å². The molecule has 6 nitrogen and oxygen atoms in total. The van der Waals surface area contributed by atoms with Gasteiger partial charge in [0.05, 0.1) is 17.8 Å². The number of benzene rings is 2. The highest BCUT2D eigenvalue weighted by Gasteiger charge is 2.39. The number of rotatable bonds is 6. The fourth-order valence-electron chi connectivity index (χ4n) is 4.03. The molecule has 0 saturated heterocycles. The van der Waals surface area contributed by atoms with E-state index in [0.29, 0.717) is 11.6 Å². The van der Waals surface area contributed by atoms with Gasteiger partial charge in [-0.2, -0.15) is 0 Å². The lowest BCUT2D eigenvalue weighted by atomic mass is 9.93. The van der Waals surface area contributed by atoms with Crippen LogP contribution in [0.15, 0.2) is 59.5 Å². The van der Waals surface area contributed by atoms with Crippen LogP contribution in [0.2, 0.25) is 5.02 Å². The van der Waals surface area contributed by atoms with Gasteiger partial charge < -0.3 is 10.1 Å². The first kappa shape index (κ1) is 19.8. The van der Waals surface area contributed by atoms with Crippen molar-refractivity contribution in [3.63, 3.8) is 0 Å². The van der Waals surface area contributed by atoms with E-state index < -0.39 is 10.0 Å². The summed E-state index contributed by atoms with van der Waals surface area (Å²) in [5.41, 5.74) is 0.668. The Morgan fingerprint density at radius 1 is 1.14 bits per heavy atom. The minimum Gasteiger partial charge on any atom is -0.495 e. The molecule has 0 aliphatic heterocycles. The molecular weight excluding hydrogens is 412 g/mol. The summed E-state index contributed by atoms with van der Waals surface area (Å²) in [4.78, 5) is 12.6. The van der Waals surface area contributed by atoms with E-state index in [-0.39, 0.29) is 39.1 Å². The Morgan fingerprint density at radius 3 is 2.59 bits per heavy atom. The number of ether oxygens (including phenoxy) is 1. The van der Waals surface area contributed by atoms with Crippen LogP contribution < -0.4 is 14.8 Å². The molecule has 2 aliphatic carbocycles. The van der Waals surface area contributed by atoms with Crippen LogP contribution in [-0.2, 0) is 14.8 Å². The van der Waals surface area contributed by atoms with Crippen molar-refractivity contribution in [3.05, 3.63) is 59.6 Å². The normalized spacial score (nSPS) is 22.5. The zero-order valence-corrected chi connectivity index (χ0v) is 17.3. The summed E-state index contributed by atoms with van der Waals surface area (Å²) in [5.74, 6) is 0.749. The Labute approximate surface area is 175 Å². The average Bonchev–Trinajstić information content (AvgIpc) is 3.33. The lowest BCUT2D eigenvalue weighted by Crippen LogP contribution is -2.26. The van der Waals surface area contributed by atoms with Crippen LogP contribution >= 0.6 is 11.6 Å². The van der Waals surface area contributed by atoms with Gasteiger partial charge in [-0.3, -0.25) is 9.52 Å². The van der Waals surface area contributed by atoms with Gasteiger partial charge in [0.15, 0.2) is 0 Å². The van der Waals surface area contributed by atoms with Crippen LogP contribution in [0.5, 0.6) is 5.75 Å². The molecule has 2 bridgehead atoms. The second-order valence-electron chi connectivity index (χ2n) is 7.33. The Balaban J connectivity index is 1.59. The summed E-state index contributed by atoms with van der Waals surface area (Å²) in [6, 6.07) is 11.1. The minimum atomic E-state index is -3.99. The Morgan fingerprint density at radius 2 is 1.93 bits per heavy atom. The third-order valence-corrected chi connectivity index (χ3v) is 7.17. The summed E-state index contributed by atoms with van der Waals surface area (Å²) in [7, 11) is -2.59. The molecule has 0 spiro atoms. The summed E-state index contributed by atoms with van der Waals surface area (Å²) in [6.45, 7) is 0. The number of para-hydroxylation sites is 1. The van der Waals surface area contributed by atoms with Gasteiger partial charge in [0.25, 0.3) is 10.0 Å². The monoisotopic (exact) mass is 432 g/mol. The first-order valence-electron chi connectivity index (χ1n) is 9.32. The molecule has 2 aliphatic rings. The van der Waals surface area contributed by atoms with Crippen molar-refractivity contribution in [1.82, 2.24) is 0 Å². The second-order valence-corrected chi connectivity index (χ2v) is 9.38. The van der Waals surface area contributed by atoms with Gasteiger partial charge in [-0.25, -0.2) is 8.42 Å². The van der Waals surface area contributed by atoms with Crippen LogP contribution in [0, 0.1) is 17.8 Å². The van der Waals surface area contributed by atoms with E-state index in [1.54, 1.807) is 30.3 Å². The topological polar surface area (TPSA) is 84.5 Å². The predicted octanol–water partition coefficient (Wildman–Crippen LogP) is 4.30. The van der Waals surface area contributed by atoms with Crippen molar-refractivity contribution in [2.24, 2.45) is 17.8 Å². The number of anilines is 2. The van der Waals surface area contributed by atoms with Crippen molar-refractivity contribution in [2.45, 2.75) is 17.7 Å². The Kier molecular flexibility index (Phi) is 5.27. The van der Waals surface area contributed by atoms with E-state index in [0.717, 1.165) is 12.8 Å². The van der Waals surface area contributed by atoms with Gasteiger partial charge in [-0.05, 0) is 55.0 Å². The first-order valence-corrected chi connectivity index (χ1v) is 11.2. The number of methoxy groups -OCH3 is 1. The number of nitrogens with one attached hydrogen (secondary N) is 2. The van der Waals surface area contributed by atoms with Crippen molar-refractivity contribution in [1.29, 1.82) is 0 Å². The zero-order valence-electron chi connectivity index (χ0n) is 15.8. The summed E-state index contributed by atoms with van der Waals surface area (Å²) in [5, 5.41) is 3.14. The molecule has 2 N–H and O–H groups in total. The number of fused-ring (bicyclic) bond motifs is 2. The SMILES string of the molecule is COc1ccc(NC(=O)C2CC3C=CC2C3)cc1S(=O)(=O)Nc1ccccc1Cl. The van der Waals surface area contributed by atoms with Gasteiger partial charge >= 0.3 is 0 Å². The van der Waals surface area contributed by atoms with E-state index in [1.807, 2.05) is 0 Å². The molecule has 1 saturated carbocycles. The molecule has 8 heteroatoms. The summed E-state index contributed by atoms with van der Waals surface area (Å²) >= 11 is 6.07. The zero-order chi connectivity index (χ0) is 20.6. The quantitative estimate of drug-likeness (QED) is 0.666. The molecule has 2 aromatic carbocycles. The molecule has 1 amide bonds. The molecule has 3 atom stereocenters. The van der Waals surface area contributed by atoms with E-state index in [2.05, 4.69) is 22.2 Å². The van der Waals surface area contributed by atoms with Crippen molar-refractivity contribution >= 4 is 38.9 Å². The molecule has 0 aromatic heterocycles. The number of hydrogen-bond donors (Lipinski definition) is 2. The highest BCUT2D eigenvalue weighted by molar-refractivity contribution is 7.92. The third-order valence-electron chi connectivity index (χ3n) is 5.45. The lowest BCUT2D eigenvalue weighted by molar-refractivity contribution is -0.120. The number of carbonyl (C=O) groups excluding carboxylic acids is 1.